The van der Waals surface area contributed by atoms with Gasteiger partial charge in [0.2, 0.25) is 0 Å². The summed E-state index contributed by atoms with van der Waals surface area (Å²) >= 11 is 5.18. The van der Waals surface area contributed by atoms with Gasteiger partial charge < -0.3 is 4.52 Å². The Hall–Kier alpha value is 0.250. The van der Waals surface area contributed by atoms with Crippen molar-refractivity contribution in [2.24, 2.45) is 0 Å². The van der Waals surface area contributed by atoms with Gasteiger partial charge in [-0.15, -0.1) is 0 Å². The molecule has 0 saturated carbocycles. The molecule has 19 heavy (non-hydrogen) atoms. The van der Waals surface area contributed by atoms with Crippen molar-refractivity contribution in [2.75, 3.05) is 13.2 Å². The van der Waals surface area contributed by atoms with E-state index in [2.05, 4.69) is 0 Å². The SMILES string of the molecule is CCOP(=S)(OCC)Oc1ccc([N+](=O)[O-])cc1.[CaH2]. The van der Waals surface area contributed by atoms with Gasteiger partial charge in [0.05, 0.1) is 18.1 Å². The van der Waals surface area contributed by atoms with Crippen molar-refractivity contribution in [1.29, 1.82) is 0 Å². The van der Waals surface area contributed by atoms with Gasteiger partial charge in [-0.3, -0.25) is 19.2 Å². The minimum absolute atomic E-state index is 0. The number of non-ortho nitro benzene ring substituents is 1. The van der Waals surface area contributed by atoms with Gasteiger partial charge in [0.1, 0.15) is 5.75 Å². The van der Waals surface area contributed by atoms with Gasteiger partial charge >= 0.3 is 44.5 Å². The van der Waals surface area contributed by atoms with Crippen LogP contribution in [0, 0.1) is 10.1 Å². The third-order valence-corrected chi connectivity index (χ3v) is 4.28. The Morgan fingerprint density at radius 3 is 2.05 bits per heavy atom. The number of nitrogens with zero attached hydrogens (tertiary/aromatic N) is 1. The summed E-state index contributed by atoms with van der Waals surface area (Å²) in [6, 6.07) is 5.62. The van der Waals surface area contributed by atoms with Crippen LogP contribution in [0.5, 0.6) is 5.75 Å². The monoisotopic (exact) mass is 333 g/mol. The topological polar surface area (TPSA) is 70.8 Å². The normalized spacial score (nSPS) is 10.6. The van der Waals surface area contributed by atoms with Crippen molar-refractivity contribution < 1.29 is 18.5 Å². The van der Waals surface area contributed by atoms with Crippen LogP contribution >= 0.6 is 6.72 Å². The zero-order valence-corrected chi connectivity index (χ0v) is 11.8. The van der Waals surface area contributed by atoms with E-state index >= 15 is 0 Å². The number of hydrogen-bond acceptors (Lipinski definition) is 6. The molecule has 0 unspecified atom stereocenters. The fraction of sp³-hybridized carbons (Fsp3) is 0.400. The average Bonchev–Trinajstić information content (AvgIpc) is 2.30. The fourth-order valence-electron chi connectivity index (χ4n) is 1.16. The quantitative estimate of drug-likeness (QED) is 0.330. The van der Waals surface area contributed by atoms with E-state index in [-0.39, 0.29) is 43.4 Å². The van der Waals surface area contributed by atoms with Gasteiger partial charge in [-0.05, 0) is 26.0 Å². The molecular formula is C10H16CaNO5PS. The molecule has 1 aromatic rings. The first-order chi connectivity index (χ1) is 8.50. The molecule has 0 spiro atoms. The second-order valence-electron chi connectivity index (χ2n) is 3.13. The van der Waals surface area contributed by atoms with Crippen molar-refractivity contribution in [3.05, 3.63) is 34.4 Å². The predicted molar refractivity (Wildman–Crippen MR) is 79.8 cm³/mol. The van der Waals surface area contributed by atoms with E-state index < -0.39 is 11.6 Å². The Morgan fingerprint density at radius 1 is 1.21 bits per heavy atom. The first kappa shape index (κ1) is 19.2. The molecule has 0 aromatic heterocycles. The van der Waals surface area contributed by atoms with E-state index in [1.807, 2.05) is 0 Å². The van der Waals surface area contributed by atoms with E-state index in [9.17, 15) is 10.1 Å². The summed E-state index contributed by atoms with van der Waals surface area (Å²) in [6.07, 6.45) is 0. The van der Waals surface area contributed by atoms with E-state index in [0.29, 0.717) is 19.0 Å². The minimum atomic E-state index is -2.82. The Balaban J connectivity index is 0.00000324. The number of benzene rings is 1. The molecule has 9 heteroatoms. The number of nitro groups is 1. The van der Waals surface area contributed by atoms with Gasteiger partial charge in [0.15, 0.2) is 0 Å². The Kier molecular flexibility index (Phi) is 9.36. The summed E-state index contributed by atoms with van der Waals surface area (Å²) in [7, 11) is 0. The van der Waals surface area contributed by atoms with Crippen LogP contribution in [0.3, 0.4) is 0 Å². The molecule has 0 atom stereocenters. The van der Waals surface area contributed by atoms with Crippen LogP contribution in [-0.4, -0.2) is 55.9 Å². The molecular weight excluding hydrogens is 317 g/mol. The number of nitro benzene ring substituents is 1. The molecule has 0 aliphatic heterocycles. The molecule has 1 rings (SSSR count). The van der Waals surface area contributed by atoms with Gasteiger partial charge in [0, 0.05) is 23.9 Å². The molecule has 0 aliphatic rings. The molecule has 0 aliphatic carbocycles. The van der Waals surface area contributed by atoms with Gasteiger partial charge in [-0.1, -0.05) is 0 Å². The standard InChI is InChI=1S/C10H14NO5PS.Ca.2H/c1-3-14-17(18,15-4-2)16-10-7-5-9(6-8-10)11(12)13;;;/h5-8H,3-4H2,1-2H3;;;. The second-order valence-corrected chi connectivity index (χ2v) is 6.06. The summed E-state index contributed by atoms with van der Waals surface area (Å²) < 4.78 is 16.1. The van der Waals surface area contributed by atoms with Crippen LogP contribution in [0.15, 0.2) is 24.3 Å². The Morgan fingerprint density at radius 2 is 1.68 bits per heavy atom. The summed E-state index contributed by atoms with van der Waals surface area (Å²) in [5.41, 5.74) is -0.0107. The molecule has 6 nitrogen and oxygen atoms in total. The van der Waals surface area contributed by atoms with Gasteiger partial charge in [0.25, 0.3) is 5.69 Å². The maximum atomic E-state index is 10.5. The summed E-state index contributed by atoms with van der Waals surface area (Å²) in [5, 5.41) is 10.5. The van der Waals surface area contributed by atoms with Crippen molar-refractivity contribution in [3.63, 3.8) is 0 Å². The molecule has 0 N–H and O–H groups in total. The molecule has 0 radical (unpaired) electrons. The van der Waals surface area contributed by atoms with Crippen LogP contribution in [0.2, 0.25) is 0 Å². The van der Waals surface area contributed by atoms with E-state index in [0.717, 1.165) is 0 Å². The zero-order chi connectivity index (χ0) is 13.6. The Bertz CT molecular complexity index is 446. The van der Waals surface area contributed by atoms with E-state index in [1.54, 1.807) is 13.8 Å². The molecule has 0 amide bonds. The van der Waals surface area contributed by atoms with Crippen LogP contribution in [0.25, 0.3) is 0 Å². The molecule has 0 heterocycles. The van der Waals surface area contributed by atoms with Crippen LogP contribution in [-0.2, 0) is 20.9 Å². The third-order valence-electron chi connectivity index (χ3n) is 1.84. The molecule has 0 saturated heterocycles. The van der Waals surface area contributed by atoms with Gasteiger partial charge in [-0.25, -0.2) is 0 Å². The van der Waals surface area contributed by atoms with E-state index in [1.165, 1.54) is 24.3 Å². The molecule has 1 aromatic carbocycles. The first-order valence-electron chi connectivity index (χ1n) is 5.34. The molecule has 0 bridgehead atoms. The molecule has 0 fully saturated rings. The van der Waals surface area contributed by atoms with Crippen molar-refractivity contribution in [2.45, 2.75) is 13.8 Å². The molecule has 104 valence electrons. The van der Waals surface area contributed by atoms with Crippen molar-refractivity contribution >= 4 is 62.0 Å². The fourth-order valence-corrected chi connectivity index (χ4v) is 3.25. The summed E-state index contributed by atoms with van der Waals surface area (Å²) in [5.74, 6) is 0.394. The second kappa shape index (κ2) is 9.23. The van der Waals surface area contributed by atoms with E-state index in [4.69, 9.17) is 25.4 Å². The van der Waals surface area contributed by atoms with Crippen LogP contribution < -0.4 is 4.52 Å². The predicted octanol–water partition coefficient (Wildman–Crippen LogP) is 2.35. The number of rotatable bonds is 7. The van der Waals surface area contributed by atoms with Crippen LogP contribution in [0.4, 0.5) is 5.69 Å². The third kappa shape index (κ3) is 6.49. The van der Waals surface area contributed by atoms with Crippen molar-refractivity contribution in [3.8, 4) is 5.75 Å². The summed E-state index contributed by atoms with van der Waals surface area (Å²) in [4.78, 5) is 10.0. The van der Waals surface area contributed by atoms with Gasteiger partial charge in [-0.2, -0.15) is 0 Å². The number of hydrogen-bond donors (Lipinski definition) is 0. The first-order valence-corrected chi connectivity index (χ1v) is 7.89. The summed E-state index contributed by atoms with van der Waals surface area (Å²) in [6.45, 7) is 1.52. The van der Waals surface area contributed by atoms with Crippen molar-refractivity contribution in [1.82, 2.24) is 0 Å². The Labute approximate surface area is 146 Å². The average molecular weight is 333 g/mol. The maximum absolute atomic E-state index is 10.5. The van der Waals surface area contributed by atoms with Crippen LogP contribution in [0.1, 0.15) is 13.8 Å². The zero-order valence-electron chi connectivity index (χ0n) is 10.1.